The van der Waals surface area contributed by atoms with Crippen molar-refractivity contribution >= 4 is 28.2 Å². The van der Waals surface area contributed by atoms with E-state index in [2.05, 4.69) is 25.2 Å². The van der Waals surface area contributed by atoms with Crippen LogP contribution in [0.3, 0.4) is 0 Å². The number of fused-ring (bicyclic) bond motifs is 1. The number of carbonyl (C=O) groups excluding carboxylic acids is 1. The Kier molecular flexibility index (Phi) is 4.70. The number of carbonyl (C=O) groups is 1. The van der Waals surface area contributed by atoms with E-state index >= 15 is 0 Å². The third kappa shape index (κ3) is 3.48. The molecule has 0 aliphatic carbocycles. The molecular weight excluding hydrogens is 352 g/mol. The number of methoxy groups -OCH3 is 1. The van der Waals surface area contributed by atoms with E-state index in [-0.39, 0.29) is 11.8 Å². The Morgan fingerprint density at radius 2 is 2.23 bits per heavy atom. The summed E-state index contributed by atoms with van der Waals surface area (Å²) in [5.41, 5.74) is 0.882. The minimum Gasteiger partial charge on any atom is -0.481 e. The molecule has 0 bridgehead atoms. The van der Waals surface area contributed by atoms with Gasteiger partial charge in [0.15, 0.2) is 4.96 Å². The molecule has 0 radical (unpaired) electrons. The average Bonchev–Trinajstić information content (AvgIpc) is 3.28. The van der Waals surface area contributed by atoms with Gasteiger partial charge in [0.05, 0.1) is 19.3 Å². The van der Waals surface area contributed by atoms with Crippen molar-refractivity contribution in [2.45, 2.75) is 19.4 Å². The van der Waals surface area contributed by atoms with E-state index < -0.39 is 0 Å². The Morgan fingerprint density at radius 3 is 3.00 bits per heavy atom. The van der Waals surface area contributed by atoms with Crippen LogP contribution in [0, 0.1) is 5.92 Å². The second kappa shape index (κ2) is 7.28. The summed E-state index contributed by atoms with van der Waals surface area (Å²) in [5.74, 6) is 1.31. The van der Waals surface area contributed by atoms with Crippen molar-refractivity contribution in [3.8, 4) is 5.88 Å². The van der Waals surface area contributed by atoms with Gasteiger partial charge >= 0.3 is 0 Å². The Balaban J connectivity index is 1.29. The van der Waals surface area contributed by atoms with Gasteiger partial charge in [0.2, 0.25) is 17.7 Å². The molecule has 3 aromatic heterocycles. The number of nitrogens with zero attached hydrogens (tertiary/aromatic N) is 5. The lowest BCUT2D eigenvalue weighted by Crippen LogP contribution is -2.41. The van der Waals surface area contributed by atoms with Gasteiger partial charge in [-0.2, -0.15) is 4.98 Å². The molecular formula is C17H20N6O2S. The van der Waals surface area contributed by atoms with Gasteiger partial charge in [0, 0.05) is 49.0 Å². The minimum absolute atomic E-state index is 0.0144. The van der Waals surface area contributed by atoms with Crippen LogP contribution in [-0.4, -0.2) is 45.5 Å². The summed E-state index contributed by atoms with van der Waals surface area (Å²) in [5, 5.41) is 5.00. The molecule has 9 heteroatoms. The number of ether oxygens (including phenoxy) is 1. The largest absolute Gasteiger partial charge is 0.481 e. The van der Waals surface area contributed by atoms with E-state index in [4.69, 9.17) is 4.74 Å². The van der Waals surface area contributed by atoms with Crippen LogP contribution in [-0.2, 0) is 11.3 Å². The molecule has 1 saturated heterocycles. The van der Waals surface area contributed by atoms with Gasteiger partial charge in [-0.15, -0.1) is 11.3 Å². The molecule has 3 aromatic rings. The summed E-state index contributed by atoms with van der Waals surface area (Å²) in [7, 11) is 1.59. The number of anilines is 1. The normalized spacial score (nSPS) is 15.3. The molecule has 8 nitrogen and oxygen atoms in total. The molecule has 0 spiro atoms. The molecule has 0 atom stereocenters. The third-order valence-corrected chi connectivity index (χ3v) is 5.33. The lowest BCUT2D eigenvalue weighted by molar-refractivity contribution is -0.125. The highest BCUT2D eigenvalue weighted by Crippen LogP contribution is 2.22. The van der Waals surface area contributed by atoms with Gasteiger partial charge in [-0.25, -0.2) is 9.97 Å². The number of amides is 1. The fourth-order valence-corrected chi connectivity index (χ4v) is 3.84. The van der Waals surface area contributed by atoms with Crippen LogP contribution in [0.25, 0.3) is 4.96 Å². The number of rotatable bonds is 5. The Hall–Kier alpha value is -2.68. The molecule has 26 heavy (non-hydrogen) atoms. The number of nitrogens with one attached hydrogen (secondary N) is 1. The number of hydrogen-bond acceptors (Lipinski definition) is 7. The van der Waals surface area contributed by atoms with E-state index in [0.29, 0.717) is 18.4 Å². The Labute approximate surface area is 154 Å². The molecule has 136 valence electrons. The van der Waals surface area contributed by atoms with Crippen molar-refractivity contribution in [2.24, 2.45) is 5.92 Å². The first-order valence-electron chi connectivity index (χ1n) is 8.53. The maximum atomic E-state index is 12.5. The SMILES string of the molecule is COc1ccnc(N2CCC(C(=O)NCc3cn4ccsc4n3)CC2)n1. The van der Waals surface area contributed by atoms with Crippen LogP contribution in [0.5, 0.6) is 5.88 Å². The van der Waals surface area contributed by atoms with Crippen LogP contribution in [0.1, 0.15) is 18.5 Å². The molecule has 4 heterocycles. The first kappa shape index (κ1) is 16.8. The van der Waals surface area contributed by atoms with Crippen molar-refractivity contribution < 1.29 is 9.53 Å². The van der Waals surface area contributed by atoms with E-state index in [0.717, 1.165) is 36.6 Å². The third-order valence-electron chi connectivity index (χ3n) is 4.56. The first-order valence-corrected chi connectivity index (χ1v) is 9.41. The Bertz CT molecular complexity index is 871. The van der Waals surface area contributed by atoms with E-state index in [1.165, 1.54) is 0 Å². The predicted molar refractivity (Wildman–Crippen MR) is 98.4 cm³/mol. The summed E-state index contributed by atoms with van der Waals surface area (Å²) in [6.07, 6.45) is 7.18. The summed E-state index contributed by atoms with van der Waals surface area (Å²) in [6.45, 7) is 1.98. The fourth-order valence-electron chi connectivity index (χ4n) is 3.12. The van der Waals surface area contributed by atoms with Gasteiger partial charge in [-0.05, 0) is 12.8 Å². The summed E-state index contributed by atoms with van der Waals surface area (Å²) >= 11 is 1.58. The van der Waals surface area contributed by atoms with Crippen LogP contribution in [0.4, 0.5) is 5.95 Å². The molecule has 1 amide bonds. The second-order valence-electron chi connectivity index (χ2n) is 6.20. The highest BCUT2D eigenvalue weighted by Gasteiger charge is 2.26. The smallest absolute Gasteiger partial charge is 0.228 e. The lowest BCUT2D eigenvalue weighted by atomic mass is 9.96. The van der Waals surface area contributed by atoms with Crippen molar-refractivity contribution in [1.82, 2.24) is 24.7 Å². The highest BCUT2D eigenvalue weighted by atomic mass is 32.1. The number of hydrogen-bond donors (Lipinski definition) is 1. The highest BCUT2D eigenvalue weighted by molar-refractivity contribution is 7.15. The summed E-state index contributed by atoms with van der Waals surface area (Å²) in [4.78, 5) is 28.6. The summed E-state index contributed by atoms with van der Waals surface area (Å²) < 4.78 is 7.12. The molecule has 1 aliphatic heterocycles. The van der Waals surface area contributed by atoms with Crippen LogP contribution in [0.2, 0.25) is 0 Å². The summed E-state index contributed by atoms with van der Waals surface area (Å²) in [6, 6.07) is 1.73. The monoisotopic (exact) mass is 372 g/mol. The molecule has 0 aromatic carbocycles. The van der Waals surface area contributed by atoms with E-state index in [1.807, 2.05) is 22.2 Å². The minimum atomic E-state index is 0.0144. The molecule has 0 unspecified atom stereocenters. The van der Waals surface area contributed by atoms with Gasteiger partial charge < -0.3 is 15.0 Å². The van der Waals surface area contributed by atoms with Gasteiger partial charge in [-0.3, -0.25) is 9.20 Å². The number of aromatic nitrogens is 4. The quantitative estimate of drug-likeness (QED) is 0.734. The van der Waals surface area contributed by atoms with Gasteiger partial charge in [-0.1, -0.05) is 0 Å². The van der Waals surface area contributed by atoms with E-state index in [9.17, 15) is 4.79 Å². The molecule has 0 saturated carbocycles. The van der Waals surface area contributed by atoms with Crippen LogP contribution >= 0.6 is 11.3 Å². The number of thiazole rings is 1. The fraction of sp³-hybridized carbons (Fsp3) is 0.412. The molecule has 1 aliphatic rings. The van der Waals surface area contributed by atoms with Gasteiger partial charge in [0.1, 0.15) is 0 Å². The first-order chi connectivity index (χ1) is 12.7. The standard InChI is InChI=1S/C17H20N6O2S/c1-25-14-2-5-18-16(21-14)22-6-3-12(4-7-22)15(24)19-10-13-11-23-8-9-26-17(23)20-13/h2,5,8-9,11-12H,3-4,6-7,10H2,1H3,(H,19,24). The topological polar surface area (TPSA) is 84.7 Å². The zero-order valence-electron chi connectivity index (χ0n) is 14.5. The molecule has 1 N–H and O–H groups in total. The van der Waals surface area contributed by atoms with Crippen LogP contribution in [0.15, 0.2) is 30.0 Å². The zero-order valence-corrected chi connectivity index (χ0v) is 15.3. The zero-order chi connectivity index (χ0) is 17.9. The molecule has 4 rings (SSSR count). The molecule has 1 fully saturated rings. The maximum absolute atomic E-state index is 12.5. The average molecular weight is 372 g/mol. The van der Waals surface area contributed by atoms with Crippen LogP contribution < -0.4 is 15.0 Å². The Morgan fingerprint density at radius 1 is 1.38 bits per heavy atom. The second-order valence-corrected chi connectivity index (χ2v) is 7.08. The lowest BCUT2D eigenvalue weighted by Gasteiger charge is -2.31. The predicted octanol–water partition coefficient (Wildman–Crippen LogP) is 1.73. The van der Waals surface area contributed by atoms with Gasteiger partial charge in [0.25, 0.3) is 0 Å². The van der Waals surface area contributed by atoms with Crippen molar-refractivity contribution in [2.75, 3.05) is 25.1 Å². The van der Waals surface area contributed by atoms with E-state index in [1.54, 1.807) is 30.7 Å². The van der Waals surface area contributed by atoms with Crippen molar-refractivity contribution in [3.63, 3.8) is 0 Å². The van der Waals surface area contributed by atoms with Crippen molar-refractivity contribution in [1.29, 1.82) is 0 Å². The number of imidazole rings is 1. The van der Waals surface area contributed by atoms with Crippen molar-refractivity contribution in [3.05, 3.63) is 35.7 Å². The maximum Gasteiger partial charge on any atom is 0.228 e. The number of piperidine rings is 1.